The molecule has 0 radical (unpaired) electrons. The maximum atomic E-state index is 4.49. The number of nitrogens with zero attached hydrogens (tertiary/aromatic N) is 4. The highest BCUT2D eigenvalue weighted by Crippen LogP contribution is 2.40. The largest absolute Gasteiger partial charge is 0.275 e. The van der Waals surface area contributed by atoms with E-state index >= 15 is 0 Å². The Balaban J connectivity index is 2.23. The SMILES string of the molecule is Brc1nc2ccccc2n2c(C3CC3)nnc12. The highest BCUT2D eigenvalue weighted by atomic mass is 79.9. The van der Waals surface area contributed by atoms with Gasteiger partial charge in [-0.15, -0.1) is 10.2 Å². The number of aromatic nitrogens is 4. The summed E-state index contributed by atoms with van der Waals surface area (Å²) < 4.78 is 2.89. The molecule has 2 heterocycles. The molecule has 0 unspecified atom stereocenters. The third kappa shape index (κ3) is 1.32. The van der Waals surface area contributed by atoms with Gasteiger partial charge in [0.15, 0.2) is 10.3 Å². The molecular formula is C12H9BrN4. The van der Waals surface area contributed by atoms with E-state index in [9.17, 15) is 0 Å². The molecule has 5 heteroatoms. The lowest BCUT2D eigenvalue weighted by Crippen LogP contribution is -1.97. The predicted octanol–water partition coefficient (Wildman–Crippen LogP) is 2.92. The van der Waals surface area contributed by atoms with Gasteiger partial charge in [-0.25, -0.2) is 4.98 Å². The van der Waals surface area contributed by atoms with Gasteiger partial charge in [0.05, 0.1) is 11.0 Å². The molecule has 2 aromatic heterocycles. The van der Waals surface area contributed by atoms with E-state index in [2.05, 4.69) is 41.6 Å². The van der Waals surface area contributed by atoms with Crippen molar-refractivity contribution < 1.29 is 0 Å². The van der Waals surface area contributed by atoms with Crippen LogP contribution in [0.2, 0.25) is 0 Å². The molecular weight excluding hydrogens is 280 g/mol. The maximum absolute atomic E-state index is 4.49. The summed E-state index contributed by atoms with van der Waals surface area (Å²) in [4.78, 5) is 4.49. The van der Waals surface area contributed by atoms with Gasteiger partial charge in [0.2, 0.25) is 0 Å². The van der Waals surface area contributed by atoms with E-state index in [0.717, 1.165) is 27.1 Å². The van der Waals surface area contributed by atoms with Crippen LogP contribution in [-0.2, 0) is 0 Å². The van der Waals surface area contributed by atoms with Crippen molar-refractivity contribution in [2.75, 3.05) is 0 Å². The normalized spacial score (nSPS) is 15.8. The molecule has 4 nitrogen and oxygen atoms in total. The van der Waals surface area contributed by atoms with Crippen LogP contribution >= 0.6 is 15.9 Å². The molecule has 17 heavy (non-hydrogen) atoms. The van der Waals surface area contributed by atoms with E-state index in [-0.39, 0.29) is 0 Å². The van der Waals surface area contributed by atoms with Crippen molar-refractivity contribution >= 4 is 32.6 Å². The Kier molecular flexibility index (Phi) is 1.83. The minimum absolute atomic E-state index is 0.572. The lowest BCUT2D eigenvalue weighted by Gasteiger charge is -2.04. The second kappa shape index (κ2) is 3.26. The van der Waals surface area contributed by atoms with E-state index in [1.165, 1.54) is 12.8 Å². The van der Waals surface area contributed by atoms with Gasteiger partial charge in [0.25, 0.3) is 0 Å². The zero-order chi connectivity index (χ0) is 11.4. The van der Waals surface area contributed by atoms with Gasteiger partial charge >= 0.3 is 0 Å². The number of hydrogen-bond acceptors (Lipinski definition) is 3. The fourth-order valence-electron chi connectivity index (χ4n) is 2.18. The summed E-state index contributed by atoms with van der Waals surface area (Å²) in [6, 6.07) is 8.09. The molecule has 1 fully saturated rings. The van der Waals surface area contributed by atoms with Crippen LogP contribution in [0, 0.1) is 0 Å². The number of para-hydroxylation sites is 2. The Morgan fingerprint density at radius 3 is 2.82 bits per heavy atom. The Morgan fingerprint density at radius 1 is 1.18 bits per heavy atom. The Hall–Kier alpha value is -1.49. The third-order valence-electron chi connectivity index (χ3n) is 3.16. The van der Waals surface area contributed by atoms with E-state index in [0.29, 0.717) is 5.92 Å². The summed E-state index contributed by atoms with van der Waals surface area (Å²) in [5.74, 6) is 1.64. The molecule has 1 aromatic carbocycles. The number of fused-ring (bicyclic) bond motifs is 3. The van der Waals surface area contributed by atoms with Crippen LogP contribution in [0.25, 0.3) is 16.7 Å². The Bertz CT molecular complexity index is 730. The lowest BCUT2D eigenvalue weighted by atomic mass is 10.3. The van der Waals surface area contributed by atoms with Gasteiger partial charge in [0, 0.05) is 5.92 Å². The smallest absolute Gasteiger partial charge is 0.194 e. The van der Waals surface area contributed by atoms with Gasteiger partial charge in [-0.1, -0.05) is 12.1 Å². The first-order valence-corrected chi connectivity index (χ1v) is 6.43. The van der Waals surface area contributed by atoms with E-state index in [1.54, 1.807) is 0 Å². The van der Waals surface area contributed by atoms with Gasteiger partial charge in [-0.2, -0.15) is 0 Å². The van der Waals surface area contributed by atoms with Crippen LogP contribution in [0.3, 0.4) is 0 Å². The van der Waals surface area contributed by atoms with Crippen LogP contribution in [0.5, 0.6) is 0 Å². The van der Waals surface area contributed by atoms with Gasteiger partial charge < -0.3 is 0 Å². The minimum Gasteiger partial charge on any atom is -0.275 e. The number of benzene rings is 1. The van der Waals surface area contributed by atoms with Gasteiger partial charge in [-0.3, -0.25) is 4.40 Å². The zero-order valence-electron chi connectivity index (χ0n) is 8.97. The highest BCUT2D eigenvalue weighted by molar-refractivity contribution is 9.10. The van der Waals surface area contributed by atoms with E-state index < -0.39 is 0 Å². The molecule has 0 saturated heterocycles. The monoisotopic (exact) mass is 288 g/mol. The number of rotatable bonds is 1. The molecule has 4 rings (SSSR count). The summed E-state index contributed by atoms with van der Waals surface area (Å²) in [7, 11) is 0. The molecule has 84 valence electrons. The summed E-state index contributed by atoms with van der Waals surface area (Å²) in [5.41, 5.74) is 2.86. The molecule has 1 aliphatic rings. The zero-order valence-corrected chi connectivity index (χ0v) is 10.6. The fourth-order valence-corrected chi connectivity index (χ4v) is 2.62. The van der Waals surface area contributed by atoms with Crippen LogP contribution in [0.15, 0.2) is 28.9 Å². The first kappa shape index (κ1) is 9.53. The predicted molar refractivity (Wildman–Crippen MR) is 68.0 cm³/mol. The molecule has 0 amide bonds. The second-order valence-corrected chi connectivity index (χ2v) is 5.13. The topological polar surface area (TPSA) is 43.1 Å². The standard InChI is InChI=1S/C12H9BrN4/c13-10-12-16-15-11(7-5-6-7)17(12)9-4-2-1-3-8(9)14-10/h1-4,7H,5-6H2. The first-order valence-electron chi connectivity index (χ1n) is 5.64. The van der Waals surface area contributed by atoms with Crippen molar-refractivity contribution in [3.05, 3.63) is 34.7 Å². The molecule has 0 bridgehead atoms. The third-order valence-corrected chi connectivity index (χ3v) is 3.69. The lowest BCUT2D eigenvalue weighted by molar-refractivity contribution is 0.909. The van der Waals surface area contributed by atoms with Crippen molar-refractivity contribution in [2.45, 2.75) is 18.8 Å². The van der Waals surface area contributed by atoms with Crippen molar-refractivity contribution in [2.24, 2.45) is 0 Å². The van der Waals surface area contributed by atoms with Crippen LogP contribution < -0.4 is 0 Å². The van der Waals surface area contributed by atoms with Crippen LogP contribution in [0.4, 0.5) is 0 Å². The average molecular weight is 289 g/mol. The van der Waals surface area contributed by atoms with Crippen molar-refractivity contribution in [3.8, 4) is 0 Å². The number of halogens is 1. The van der Waals surface area contributed by atoms with E-state index in [1.807, 2.05) is 18.2 Å². The maximum Gasteiger partial charge on any atom is 0.194 e. The molecule has 1 aliphatic carbocycles. The molecule has 0 aliphatic heterocycles. The molecule has 3 aromatic rings. The molecule has 1 saturated carbocycles. The summed E-state index contributed by atoms with van der Waals surface area (Å²) in [6.45, 7) is 0. The summed E-state index contributed by atoms with van der Waals surface area (Å²) in [6.07, 6.45) is 2.43. The summed E-state index contributed by atoms with van der Waals surface area (Å²) in [5, 5.41) is 8.54. The average Bonchev–Trinajstić information content (AvgIpc) is 3.08. The van der Waals surface area contributed by atoms with Crippen molar-refractivity contribution in [3.63, 3.8) is 0 Å². The molecule has 0 spiro atoms. The van der Waals surface area contributed by atoms with Crippen molar-refractivity contribution in [1.82, 2.24) is 19.6 Å². The molecule has 0 atom stereocenters. The van der Waals surface area contributed by atoms with Crippen molar-refractivity contribution in [1.29, 1.82) is 0 Å². The fraction of sp³-hybridized carbons (Fsp3) is 0.250. The first-order chi connectivity index (χ1) is 8.34. The quantitative estimate of drug-likeness (QED) is 0.691. The highest BCUT2D eigenvalue weighted by Gasteiger charge is 2.29. The Labute approximate surface area is 106 Å². The van der Waals surface area contributed by atoms with Crippen LogP contribution in [0.1, 0.15) is 24.6 Å². The minimum atomic E-state index is 0.572. The molecule has 0 N–H and O–H groups in total. The van der Waals surface area contributed by atoms with Gasteiger partial charge in [-0.05, 0) is 40.9 Å². The second-order valence-electron chi connectivity index (χ2n) is 4.38. The van der Waals surface area contributed by atoms with E-state index in [4.69, 9.17) is 0 Å². The van der Waals surface area contributed by atoms with Crippen LogP contribution in [-0.4, -0.2) is 19.6 Å². The van der Waals surface area contributed by atoms with Gasteiger partial charge in [0.1, 0.15) is 5.82 Å². The number of hydrogen-bond donors (Lipinski definition) is 0. The Morgan fingerprint density at radius 2 is 2.00 bits per heavy atom. The summed E-state index contributed by atoms with van der Waals surface area (Å²) >= 11 is 3.47.